The third-order valence-electron chi connectivity index (χ3n) is 4.13. The summed E-state index contributed by atoms with van der Waals surface area (Å²) in [5.41, 5.74) is 6.14. The van der Waals surface area contributed by atoms with Crippen LogP contribution in [0.1, 0.15) is 11.5 Å². The number of fused-ring (bicyclic) bond motifs is 1. The maximum atomic E-state index is 8.74. The van der Waals surface area contributed by atoms with Crippen molar-refractivity contribution < 1.29 is 17.5 Å². The third-order valence-corrected chi connectivity index (χ3v) is 4.38. The van der Waals surface area contributed by atoms with E-state index in [-0.39, 0.29) is 0 Å². The van der Waals surface area contributed by atoms with E-state index in [1.54, 1.807) is 0 Å². The van der Waals surface area contributed by atoms with Crippen LogP contribution >= 0.6 is 11.6 Å². The van der Waals surface area contributed by atoms with E-state index in [1.807, 2.05) is 49.4 Å². The molecule has 0 unspecified atom stereocenters. The molecule has 2 heterocycles. The molecule has 3 N–H and O–H groups in total. The first-order valence-corrected chi connectivity index (χ1v) is 10.3. The van der Waals surface area contributed by atoms with Gasteiger partial charge in [0.2, 0.25) is 0 Å². The summed E-state index contributed by atoms with van der Waals surface area (Å²) in [5, 5.41) is 1.79. The molecule has 2 aromatic carbocycles. The summed E-state index contributed by atoms with van der Waals surface area (Å²) in [4.78, 5) is 12.9. The van der Waals surface area contributed by atoms with Crippen LogP contribution in [0.3, 0.4) is 0 Å². The summed E-state index contributed by atoms with van der Waals surface area (Å²) in [5.74, 6) is 0.760. The second-order valence-corrected chi connectivity index (χ2v) is 7.62. The van der Waals surface area contributed by atoms with Crippen molar-refractivity contribution >= 4 is 32.9 Å². The molecule has 4 aromatic rings. The highest BCUT2D eigenvalue weighted by Gasteiger charge is 2.17. The first kappa shape index (κ1) is 20.9. The summed E-state index contributed by atoms with van der Waals surface area (Å²) in [6, 6.07) is 18.0. The Labute approximate surface area is 173 Å². The Bertz CT molecular complexity index is 1250. The molecular formula is C20H18ClN3O4S. The topological polar surface area (TPSA) is 116 Å². The zero-order valence-corrected chi connectivity index (χ0v) is 17.2. The van der Waals surface area contributed by atoms with Crippen LogP contribution in [0.15, 0.2) is 54.6 Å². The fourth-order valence-electron chi connectivity index (χ4n) is 3.05. The molecule has 0 bridgehead atoms. The van der Waals surface area contributed by atoms with Crippen molar-refractivity contribution in [1.29, 1.82) is 0 Å². The monoisotopic (exact) mass is 431 g/mol. The Morgan fingerprint density at radius 3 is 2.07 bits per heavy atom. The van der Waals surface area contributed by atoms with E-state index in [9.17, 15) is 0 Å². The molecule has 150 valence electrons. The van der Waals surface area contributed by atoms with Crippen molar-refractivity contribution in [2.24, 2.45) is 0 Å². The van der Waals surface area contributed by atoms with Crippen LogP contribution in [0.5, 0.6) is 0 Å². The van der Waals surface area contributed by atoms with Crippen LogP contribution in [-0.2, 0) is 10.4 Å². The number of halogens is 1. The maximum Gasteiger partial charge on any atom is 0.394 e. The maximum absolute atomic E-state index is 8.74. The van der Waals surface area contributed by atoms with Gasteiger partial charge in [-0.3, -0.25) is 9.11 Å². The van der Waals surface area contributed by atoms with Crippen LogP contribution in [0.25, 0.3) is 33.4 Å². The van der Waals surface area contributed by atoms with Gasteiger partial charge in [0.25, 0.3) is 0 Å². The molecule has 0 saturated heterocycles. The highest BCUT2D eigenvalue weighted by atomic mass is 35.5. The van der Waals surface area contributed by atoms with E-state index in [1.165, 1.54) is 0 Å². The average Bonchev–Trinajstić information content (AvgIpc) is 2.97. The second-order valence-electron chi connectivity index (χ2n) is 6.29. The molecule has 29 heavy (non-hydrogen) atoms. The number of nitrogens with one attached hydrogen (secondary N) is 1. The van der Waals surface area contributed by atoms with Gasteiger partial charge in [-0.1, -0.05) is 54.1 Å². The molecule has 7 nitrogen and oxygen atoms in total. The van der Waals surface area contributed by atoms with E-state index in [0.717, 1.165) is 50.0 Å². The van der Waals surface area contributed by atoms with Gasteiger partial charge < -0.3 is 4.98 Å². The molecule has 0 fully saturated rings. The first-order chi connectivity index (χ1) is 13.6. The molecule has 9 heteroatoms. The molecule has 0 radical (unpaired) electrons. The smallest absolute Gasteiger partial charge is 0.356 e. The molecule has 0 aliphatic heterocycles. The number of aryl methyl sites for hydroxylation is 2. The quantitative estimate of drug-likeness (QED) is 0.388. The lowest BCUT2D eigenvalue weighted by Gasteiger charge is -2.06. The number of H-pyrrole nitrogens is 1. The number of aromatic amines is 1. The number of benzene rings is 2. The summed E-state index contributed by atoms with van der Waals surface area (Å²) >= 11 is 6.02. The summed E-state index contributed by atoms with van der Waals surface area (Å²) in [6.07, 6.45) is 0. The van der Waals surface area contributed by atoms with Gasteiger partial charge in [-0.2, -0.15) is 8.42 Å². The lowest BCUT2D eigenvalue weighted by atomic mass is 10.1. The Hall–Kier alpha value is -2.78. The van der Waals surface area contributed by atoms with E-state index in [4.69, 9.17) is 39.1 Å². The second kappa shape index (κ2) is 8.30. The minimum absolute atomic E-state index is 0.724. The summed E-state index contributed by atoms with van der Waals surface area (Å²) in [7, 11) is -4.67. The molecule has 0 atom stereocenters. The van der Waals surface area contributed by atoms with E-state index in [2.05, 4.69) is 24.0 Å². The van der Waals surface area contributed by atoms with Gasteiger partial charge in [-0.15, -0.1) is 0 Å². The van der Waals surface area contributed by atoms with Crippen molar-refractivity contribution in [3.8, 4) is 22.5 Å². The van der Waals surface area contributed by atoms with Gasteiger partial charge in [0.05, 0.1) is 11.4 Å². The number of rotatable bonds is 2. The molecule has 2 aromatic heterocycles. The molecule has 0 saturated carbocycles. The molecular weight excluding hydrogens is 414 g/mol. The first-order valence-electron chi connectivity index (χ1n) is 8.51. The fourth-order valence-corrected chi connectivity index (χ4v) is 3.17. The minimum atomic E-state index is -4.67. The standard InChI is InChI=1S/C20H16ClN3.H2O4S/c1-12-17-18(14-6-4-3-5-7-14)23-13(2)24-20(17)19(22-12)15-8-10-16(21)11-9-15;1-5(2,3)4/h3-11,22H,1-2H3;(H2,1,2,3,4). The van der Waals surface area contributed by atoms with Crippen molar-refractivity contribution in [2.45, 2.75) is 13.8 Å². The fraction of sp³-hybridized carbons (Fsp3) is 0.100. The number of hydrogen-bond donors (Lipinski definition) is 3. The predicted molar refractivity (Wildman–Crippen MR) is 113 cm³/mol. The van der Waals surface area contributed by atoms with Crippen LogP contribution in [0.2, 0.25) is 5.02 Å². The van der Waals surface area contributed by atoms with E-state index < -0.39 is 10.4 Å². The predicted octanol–water partition coefficient (Wildman–Crippen LogP) is 4.91. The summed E-state index contributed by atoms with van der Waals surface area (Å²) < 4.78 is 31.6. The zero-order chi connectivity index (χ0) is 21.2. The Morgan fingerprint density at radius 2 is 1.48 bits per heavy atom. The van der Waals surface area contributed by atoms with Crippen LogP contribution in [0, 0.1) is 13.8 Å². The van der Waals surface area contributed by atoms with Crippen LogP contribution in [-0.4, -0.2) is 32.5 Å². The van der Waals surface area contributed by atoms with Gasteiger partial charge in [-0.25, -0.2) is 9.97 Å². The normalized spacial score (nSPS) is 11.2. The molecule has 4 rings (SSSR count). The van der Waals surface area contributed by atoms with Crippen molar-refractivity contribution in [2.75, 3.05) is 0 Å². The number of hydrogen-bond acceptors (Lipinski definition) is 4. The Kier molecular flexibility index (Phi) is 5.99. The van der Waals surface area contributed by atoms with Crippen LogP contribution in [0.4, 0.5) is 0 Å². The summed E-state index contributed by atoms with van der Waals surface area (Å²) in [6.45, 7) is 3.99. The van der Waals surface area contributed by atoms with Crippen molar-refractivity contribution in [1.82, 2.24) is 15.0 Å². The Morgan fingerprint density at radius 1 is 0.897 bits per heavy atom. The largest absolute Gasteiger partial charge is 0.394 e. The highest BCUT2D eigenvalue weighted by Crippen LogP contribution is 2.35. The molecule has 0 spiro atoms. The lowest BCUT2D eigenvalue weighted by Crippen LogP contribution is -1.93. The molecule has 0 aliphatic carbocycles. The highest BCUT2D eigenvalue weighted by molar-refractivity contribution is 7.79. The van der Waals surface area contributed by atoms with E-state index in [0.29, 0.717) is 0 Å². The zero-order valence-electron chi connectivity index (χ0n) is 15.6. The van der Waals surface area contributed by atoms with E-state index >= 15 is 0 Å². The van der Waals surface area contributed by atoms with Crippen molar-refractivity contribution in [3.63, 3.8) is 0 Å². The Balaban J connectivity index is 0.000000431. The SMILES string of the molecule is Cc1nc(-c2ccccc2)c2c(C)[nH]c(-c3ccc(Cl)cc3)c2n1.O=S(=O)(O)O. The lowest BCUT2D eigenvalue weighted by molar-refractivity contribution is 0.381. The van der Waals surface area contributed by atoms with Gasteiger partial charge >= 0.3 is 10.4 Å². The number of aromatic nitrogens is 3. The average molecular weight is 432 g/mol. The van der Waals surface area contributed by atoms with Gasteiger partial charge in [0.15, 0.2) is 0 Å². The van der Waals surface area contributed by atoms with Gasteiger partial charge in [0.1, 0.15) is 11.3 Å². The van der Waals surface area contributed by atoms with Gasteiger partial charge in [0, 0.05) is 27.2 Å². The van der Waals surface area contributed by atoms with Gasteiger partial charge in [-0.05, 0) is 26.0 Å². The number of nitrogens with zero attached hydrogens (tertiary/aromatic N) is 2. The van der Waals surface area contributed by atoms with Crippen LogP contribution < -0.4 is 0 Å². The van der Waals surface area contributed by atoms with Crippen molar-refractivity contribution in [3.05, 3.63) is 71.1 Å². The minimum Gasteiger partial charge on any atom is -0.356 e. The molecule has 0 aliphatic rings. The third kappa shape index (κ3) is 5.18. The molecule has 0 amide bonds.